The lowest BCUT2D eigenvalue weighted by Gasteiger charge is -2.32. The van der Waals surface area contributed by atoms with E-state index in [0.29, 0.717) is 40.9 Å². The highest BCUT2D eigenvalue weighted by Gasteiger charge is 2.36. The van der Waals surface area contributed by atoms with Crippen LogP contribution in [-0.2, 0) is 25.6 Å². The van der Waals surface area contributed by atoms with Crippen molar-refractivity contribution < 1.29 is 33.3 Å². The number of carbonyl (C=O) groups excluding carboxylic acids is 3. The molecule has 3 amide bonds. The van der Waals surface area contributed by atoms with Gasteiger partial charge < -0.3 is 34.9 Å². The van der Waals surface area contributed by atoms with Gasteiger partial charge in [0.15, 0.2) is 5.75 Å². The number of benzene rings is 1. The molecule has 4 rings (SSSR count). The first-order chi connectivity index (χ1) is 20.5. The number of pyridine rings is 1. The second-order valence-corrected chi connectivity index (χ2v) is 11.5. The number of ether oxygens (including phenoxy) is 4. The van der Waals surface area contributed by atoms with Gasteiger partial charge >= 0.3 is 6.09 Å². The number of halogens is 1. The first kappa shape index (κ1) is 32.0. The lowest BCUT2D eigenvalue weighted by atomic mass is 10.0. The van der Waals surface area contributed by atoms with E-state index in [1.165, 1.54) is 7.11 Å². The number of nitrogens with zero attached hydrogens (tertiary/aromatic N) is 2. The number of methoxy groups -OCH3 is 1. The molecular weight excluding hydrogens is 598 g/mol. The van der Waals surface area contributed by atoms with E-state index in [0.717, 1.165) is 10.5 Å². The van der Waals surface area contributed by atoms with Crippen LogP contribution < -0.4 is 25.4 Å². The highest BCUT2D eigenvalue weighted by atomic mass is 35.5. The van der Waals surface area contributed by atoms with Crippen molar-refractivity contribution in [3.63, 3.8) is 0 Å². The van der Waals surface area contributed by atoms with E-state index in [9.17, 15) is 14.4 Å². The van der Waals surface area contributed by atoms with E-state index < -0.39 is 17.6 Å². The molecule has 0 bridgehead atoms. The van der Waals surface area contributed by atoms with Crippen LogP contribution in [0.4, 0.5) is 10.5 Å². The Morgan fingerprint density at radius 1 is 1.28 bits per heavy atom. The zero-order valence-electron chi connectivity index (χ0n) is 24.3. The van der Waals surface area contributed by atoms with E-state index in [4.69, 9.17) is 42.8 Å². The zero-order chi connectivity index (χ0) is 31.1. The minimum atomic E-state index is -0.793. The molecule has 2 aromatic rings. The van der Waals surface area contributed by atoms with Crippen LogP contribution in [0.15, 0.2) is 47.9 Å². The highest BCUT2D eigenvalue weighted by Crippen LogP contribution is 2.33. The molecule has 0 spiro atoms. The minimum Gasteiger partial charge on any atom is -0.493 e. The third-order valence-corrected chi connectivity index (χ3v) is 6.97. The molecule has 0 unspecified atom stereocenters. The van der Waals surface area contributed by atoms with E-state index >= 15 is 0 Å². The maximum absolute atomic E-state index is 13.8. The number of nitrogens with one attached hydrogen (secondary N) is 3. The number of thiocarbonyl (C=S) groups is 1. The number of rotatable bonds is 9. The molecule has 1 aromatic heterocycles. The van der Waals surface area contributed by atoms with E-state index in [1.807, 2.05) is 0 Å². The number of imide groups is 1. The SMILES string of the molecule is COc1c(Cl)cccc1NC(=S)C1=C(NCc2ccncc2OC[C@@H]2CNC(=O)CO2)CCN(C(=O)OC(C)(C)C)C1=O. The Labute approximate surface area is 260 Å². The molecule has 0 aliphatic carbocycles. The predicted octanol–water partition coefficient (Wildman–Crippen LogP) is 3.59. The molecular formula is C29H34ClN5O7S. The van der Waals surface area contributed by atoms with Gasteiger partial charge in [-0.25, -0.2) is 9.69 Å². The number of morpholine rings is 1. The molecule has 3 heterocycles. The molecule has 2 aliphatic heterocycles. The second-order valence-electron chi connectivity index (χ2n) is 10.7. The highest BCUT2D eigenvalue weighted by molar-refractivity contribution is 7.81. The normalized spacial score (nSPS) is 17.2. The van der Waals surface area contributed by atoms with Crippen molar-refractivity contribution in [2.45, 2.75) is 45.4 Å². The summed E-state index contributed by atoms with van der Waals surface area (Å²) < 4.78 is 22.3. The number of hydrogen-bond acceptors (Lipinski definition) is 10. The number of aromatic nitrogens is 1. The van der Waals surface area contributed by atoms with Crippen molar-refractivity contribution in [2.24, 2.45) is 0 Å². The lowest BCUT2D eigenvalue weighted by molar-refractivity contribution is -0.134. The molecule has 14 heteroatoms. The second kappa shape index (κ2) is 14.0. The summed E-state index contributed by atoms with van der Waals surface area (Å²) in [6.07, 6.45) is 2.45. The molecule has 1 saturated heterocycles. The van der Waals surface area contributed by atoms with Crippen molar-refractivity contribution in [1.82, 2.24) is 20.5 Å². The summed E-state index contributed by atoms with van der Waals surface area (Å²) in [6, 6.07) is 6.89. The van der Waals surface area contributed by atoms with Crippen molar-refractivity contribution in [3.05, 3.63) is 58.5 Å². The van der Waals surface area contributed by atoms with Crippen LogP contribution in [0.25, 0.3) is 0 Å². The van der Waals surface area contributed by atoms with Crippen LogP contribution in [0.2, 0.25) is 5.02 Å². The molecule has 1 fully saturated rings. The van der Waals surface area contributed by atoms with E-state index in [2.05, 4.69) is 20.9 Å². The summed E-state index contributed by atoms with van der Waals surface area (Å²) in [5.41, 5.74) is 1.07. The van der Waals surface area contributed by atoms with E-state index in [1.54, 1.807) is 57.4 Å². The largest absolute Gasteiger partial charge is 0.493 e. The first-order valence-electron chi connectivity index (χ1n) is 13.6. The van der Waals surface area contributed by atoms with Crippen LogP contribution in [0.5, 0.6) is 11.5 Å². The van der Waals surface area contributed by atoms with Gasteiger partial charge in [-0.2, -0.15) is 0 Å². The Balaban J connectivity index is 1.57. The van der Waals surface area contributed by atoms with Gasteiger partial charge in [-0.05, 0) is 39.0 Å². The Morgan fingerprint density at radius 2 is 2.07 bits per heavy atom. The maximum atomic E-state index is 13.8. The Bertz CT molecular complexity index is 1420. The molecule has 0 saturated carbocycles. The Kier molecular flexibility index (Phi) is 10.4. The summed E-state index contributed by atoms with van der Waals surface area (Å²) in [4.78, 5) is 43.3. The molecule has 12 nitrogen and oxygen atoms in total. The van der Waals surface area contributed by atoms with Gasteiger partial charge in [0.05, 0.1) is 29.6 Å². The average molecular weight is 632 g/mol. The van der Waals surface area contributed by atoms with Crippen molar-refractivity contribution in [2.75, 3.05) is 38.7 Å². The van der Waals surface area contributed by atoms with Gasteiger partial charge in [0.25, 0.3) is 5.91 Å². The number of anilines is 1. The van der Waals surface area contributed by atoms with Gasteiger partial charge in [-0.1, -0.05) is 29.9 Å². The average Bonchev–Trinajstić information content (AvgIpc) is 2.95. The Hall–Kier alpha value is -3.94. The van der Waals surface area contributed by atoms with Crippen LogP contribution in [0.1, 0.15) is 32.8 Å². The third-order valence-electron chi connectivity index (χ3n) is 6.37. The summed E-state index contributed by atoms with van der Waals surface area (Å²) in [6.45, 7) is 6.08. The molecule has 1 atom stereocenters. The predicted molar refractivity (Wildman–Crippen MR) is 163 cm³/mol. The van der Waals surface area contributed by atoms with Crippen molar-refractivity contribution in [3.8, 4) is 11.5 Å². The summed E-state index contributed by atoms with van der Waals surface area (Å²) >= 11 is 12.0. The third kappa shape index (κ3) is 8.33. The molecule has 230 valence electrons. The van der Waals surface area contributed by atoms with Gasteiger partial charge in [0, 0.05) is 43.5 Å². The van der Waals surface area contributed by atoms with Crippen LogP contribution in [0.3, 0.4) is 0 Å². The number of hydrogen-bond donors (Lipinski definition) is 3. The van der Waals surface area contributed by atoms with E-state index in [-0.39, 0.29) is 48.9 Å². The van der Waals surface area contributed by atoms with Crippen molar-refractivity contribution in [1.29, 1.82) is 0 Å². The van der Waals surface area contributed by atoms with Crippen LogP contribution >= 0.6 is 23.8 Å². The smallest absolute Gasteiger partial charge is 0.417 e. The standard InChI is InChI=1S/C29H34ClN5O7S/c1-29(2,3)42-28(38)35-11-9-20(24(27(35)37)26(43)34-21-7-5-6-19(30)25(21)39-4)32-12-17-8-10-31-14-22(17)41-15-18-13-33-23(36)16-40-18/h5-8,10,14,18,32H,9,11-13,15-16H2,1-4H3,(H,33,36)(H,34,43)/t18-/m0/s1. The fraction of sp³-hybridized carbons (Fsp3) is 0.414. The van der Waals surface area contributed by atoms with Gasteiger partial charge in [0.2, 0.25) is 5.91 Å². The summed E-state index contributed by atoms with van der Waals surface area (Å²) in [5.74, 6) is 0.0952. The van der Waals surface area contributed by atoms with Gasteiger partial charge in [-0.3, -0.25) is 14.6 Å². The summed E-state index contributed by atoms with van der Waals surface area (Å²) in [5, 5.41) is 9.47. The summed E-state index contributed by atoms with van der Waals surface area (Å²) in [7, 11) is 1.47. The van der Waals surface area contributed by atoms with Crippen LogP contribution in [-0.4, -0.2) is 77.9 Å². The lowest BCUT2D eigenvalue weighted by Crippen LogP contribution is -2.47. The fourth-order valence-corrected chi connectivity index (χ4v) is 4.90. The molecule has 1 aromatic carbocycles. The fourth-order valence-electron chi connectivity index (χ4n) is 4.32. The van der Waals surface area contributed by atoms with Gasteiger partial charge in [-0.15, -0.1) is 0 Å². The zero-order valence-corrected chi connectivity index (χ0v) is 25.9. The molecule has 0 radical (unpaired) electrons. The molecule has 2 aliphatic rings. The van der Waals surface area contributed by atoms with Gasteiger partial charge in [0.1, 0.15) is 35.7 Å². The number of para-hydroxylation sites is 1. The van der Waals surface area contributed by atoms with Crippen molar-refractivity contribution >= 4 is 52.4 Å². The molecule has 43 heavy (non-hydrogen) atoms. The Morgan fingerprint density at radius 3 is 2.77 bits per heavy atom. The maximum Gasteiger partial charge on any atom is 0.417 e. The first-order valence-corrected chi connectivity index (χ1v) is 14.3. The number of carbonyl (C=O) groups is 3. The minimum absolute atomic E-state index is 0.0181. The number of amides is 3. The monoisotopic (exact) mass is 631 g/mol. The molecule has 3 N–H and O–H groups in total. The topological polar surface area (TPSA) is 140 Å². The quantitative estimate of drug-likeness (QED) is 0.350. The van der Waals surface area contributed by atoms with Crippen LogP contribution in [0, 0.1) is 0 Å².